The highest BCUT2D eigenvalue weighted by molar-refractivity contribution is 5.78. The number of amides is 1. The standard InChI is InChI=1S/C7H10F2N2O3/c8-7(9,6(13)14)3-11-1-4(2-11)5(10)12/h4H,1-3H2,(H2,10,12)(H,13,14). The molecule has 7 heteroatoms. The highest BCUT2D eigenvalue weighted by Crippen LogP contribution is 2.22. The van der Waals surface area contributed by atoms with E-state index in [0.717, 1.165) is 0 Å². The molecule has 0 saturated carbocycles. The van der Waals surface area contributed by atoms with Crippen LogP contribution in [-0.4, -0.2) is 47.4 Å². The van der Waals surface area contributed by atoms with Crippen LogP contribution in [0.1, 0.15) is 0 Å². The first kappa shape index (κ1) is 10.8. The number of hydrogen-bond acceptors (Lipinski definition) is 3. The van der Waals surface area contributed by atoms with Crippen LogP contribution in [0.4, 0.5) is 8.78 Å². The van der Waals surface area contributed by atoms with Gasteiger partial charge in [0.15, 0.2) is 0 Å². The number of primary amides is 1. The van der Waals surface area contributed by atoms with Crippen LogP contribution in [0.5, 0.6) is 0 Å². The van der Waals surface area contributed by atoms with Gasteiger partial charge >= 0.3 is 11.9 Å². The van der Waals surface area contributed by atoms with Crippen LogP contribution in [0, 0.1) is 5.92 Å². The molecule has 0 radical (unpaired) electrons. The summed E-state index contributed by atoms with van der Waals surface area (Å²) in [5, 5.41) is 8.12. The first-order valence-corrected chi connectivity index (χ1v) is 3.96. The highest BCUT2D eigenvalue weighted by Gasteiger charge is 2.44. The number of rotatable bonds is 4. The molecule has 14 heavy (non-hydrogen) atoms. The van der Waals surface area contributed by atoms with E-state index in [-0.39, 0.29) is 13.1 Å². The van der Waals surface area contributed by atoms with E-state index in [1.807, 2.05) is 0 Å². The van der Waals surface area contributed by atoms with Gasteiger partial charge in [-0.3, -0.25) is 9.69 Å². The Morgan fingerprint density at radius 1 is 1.50 bits per heavy atom. The number of alkyl halides is 2. The third-order valence-electron chi connectivity index (χ3n) is 2.09. The van der Waals surface area contributed by atoms with Crippen molar-refractivity contribution in [2.24, 2.45) is 11.7 Å². The number of carbonyl (C=O) groups is 2. The molecule has 1 aliphatic rings. The molecule has 3 N–H and O–H groups in total. The minimum atomic E-state index is -3.76. The Hall–Kier alpha value is -1.24. The van der Waals surface area contributed by atoms with E-state index in [1.165, 1.54) is 4.90 Å². The lowest BCUT2D eigenvalue weighted by atomic mass is 9.99. The zero-order chi connectivity index (χ0) is 10.9. The number of hydrogen-bond donors (Lipinski definition) is 2. The normalized spacial score (nSPS) is 19.0. The molecule has 0 unspecified atom stereocenters. The Balaban J connectivity index is 2.36. The lowest BCUT2D eigenvalue weighted by Crippen LogP contribution is -2.56. The van der Waals surface area contributed by atoms with E-state index in [0.29, 0.717) is 0 Å². The molecule has 0 aliphatic carbocycles. The number of carboxylic acids is 1. The Bertz CT molecular complexity index is 264. The molecular weight excluding hydrogens is 198 g/mol. The maximum absolute atomic E-state index is 12.6. The van der Waals surface area contributed by atoms with Crippen LogP contribution in [0.15, 0.2) is 0 Å². The second kappa shape index (κ2) is 3.49. The van der Waals surface area contributed by atoms with Crippen molar-refractivity contribution in [3.63, 3.8) is 0 Å². The first-order chi connectivity index (χ1) is 6.33. The van der Waals surface area contributed by atoms with Crippen LogP contribution in [0.25, 0.3) is 0 Å². The molecule has 0 bridgehead atoms. The lowest BCUT2D eigenvalue weighted by Gasteiger charge is -2.38. The molecule has 1 fully saturated rings. The molecule has 1 saturated heterocycles. The number of carboxylic acid groups (broad SMARTS) is 1. The predicted octanol–water partition coefficient (Wildman–Crippen LogP) is -0.877. The van der Waals surface area contributed by atoms with Crippen LogP contribution >= 0.6 is 0 Å². The van der Waals surface area contributed by atoms with Gasteiger partial charge in [0.05, 0.1) is 12.5 Å². The van der Waals surface area contributed by atoms with E-state index in [2.05, 4.69) is 0 Å². The van der Waals surface area contributed by atoms with Gasteiger partial charge < -0.3 is 10.8 Å². The van der Waals surface area contributed by atoms with Gasteiger partial charge in [0, 0.05) is 13.1 Å². The molecule has 0 aromatic heterocycles. The van der Waals surface area contributed by atoms with E-state index < -0.39 is 30.3 Å². The molecular formula is C7H10F2N2O3. The Morgan fingerprint density at radius 3 is 2.36 bits per heavy atom. The van der Waals surface area contributed by atoms with Crippen molar-refractivity contribution in [2.75, 3.05) is 19.6 Å². The fourth-order valence-electron chi connectivity index (χ4n) is 1.23. The van der Waals surface area contributed by atoms with Gasteiger partial charge in [-0.2, -0.15) is 8.78 Å². The summed E-state index contributed by atoms with van der Waals surface area (Å²) < 4.78 is 25.2. The third kappa shape index (κ3) is 2.16. The molecule has 0 aromatic carbocycles. The number of halogens is 2. The van der Waals surface area contributed by atoms with Crippen molar-refractivity contribution in [1.29, 1.82) is 0 Å². The Morgan fingerprint density at radius 2 is 2.00 bits per heavy atom. The summed E-state index contributed by atoms with van der Waals surface area (Å²) in [4.78, 5) is 21.7. The molecule has 1 aliphatic heterocycles. The van der Waals surface area contributed by atoms with Gasteiger partial charge in [-0.15, -0.1) is 0 Å². The monoisotopic (exact) mass is 208 g/mol. The number of likely N-dealkylation sites (tertiary alicyclic amines) is 1. The molecule has 80 valence electrons. The third-order valence-corrected chi connectivity index (χ3v) is 2.09. The molecule has 0 aromatic rings. The summed E-state index contributed by atoms with van der Waals surface area (Å²) in [6.45, 7) is -0.650. The molecule has 1 heterocycles. The van der Waals surface area contributed by atoms with Gasteiger partial charge in [0.1, 0.15) is 0 Å². The number of nitrogens with two attached hydrogens (primary N) is 1. The minimum Gasteiger partial charge on any atom is -0.477 e. The SMILES string of the molecule is NC(=O)C1CN(CC(F)(F)C(=O)O)C1. The molecule has 0 spiro atoms. The second-order valence-corrected chi connectivity index (χ2v) is 3.30. The number of aliphatic carboxylic acids is 1. The average Bonchev–Trinajstić information content (AvgIpc) is 1.94. The maximum atomic E-state index is 12.6. The van der Waals surface area contributed by atoms with Crippen LogP contribution in [0.3, 0.4) is 0 Å². The van der Waals surface area contributed by atoms with E-state index in [9.17, 15) is 18.4 Å². The van der Waals surface area contributed by atoms with Crippen LogP contribution in [0.2, 0.25) is 0 Å². The van der Waals surface area contributed by atoms with Gasteiger partial charge in [0.2, 0.25) is 5.91 Å². The smallest absolute Gasteiger partial charge is 0.375 e. The predicted molar refractivity (Wildman–Crippen MR) is 41.7 cm³/mol. The molecule has 1 rings (SSSR count). The van der Waals surface area contributed by atoms with Crippen molar-refractivity contribution in [3.05, 3.63) is 0 Å². The van der Waals surface area contributed by atoms with Crippen molar-refractivity contribution < 1.29 is 23.5 Å². The quantitative estimate of drug-likeness (QED) is 0.628. The molecule has 1 amide bonds. The highest BCUT2D eigenvalue weighted by atomic mass is 19.3. The number of nitrogens with zero attached hydrogens (tertiary/aromatic N) is 1. The van der Waals surface area contributed by atoms with Crippen molar-refractivity contribution in [2.45, 2.75) is 5.92 Å². The van der Waals surface area contributed by atoms with Crippen molar-refractivity contribution >= 4 is 11.9 Å². The summed E-state index contributed by atoms with van der Waals surface area (Å²) >= 11 is 0. The summed E-state index contributed by atoms with van der Waals surface area (Å²) in [5.74, 6) is -6.89. The summed E-state index contributed by atoms with van der Waals surface area (Å²) in [6, 6.07) is 0. The average molecular weight is 208 g/mol. The summed E-state index contributed by atoms with van der Waals surface area (Å²) in [6.07, 6.45) is 0. The van der Waals surface area contributed by atoms with Gasteiger partial charge in [0.25, 0.3) is 0 Å². The maximum Gasteiger partial charge on any atom is 0.375 e. The zero-order valence-corrected chi connectivity index (χ0v) is 7.24. The largest absolute Gasteiger partial charge is 0.477 e. The summed E-state index contributed by atoms with van der Waals surface area (Å²) in [5.41, 5.74) is 4.91. The fourth-order valence-corrected chi connectivity index (χ4v) is 1.23. The van der Waals surface area contributed by atoms with E-state index in [4.69, 9.17) is 10.8 Å². The minimum absolute atomic E-state index is 0.109. The molecule has 5 nitrogen and oxygen atoms in total. The van der Waals surface area contributed by atoms with Crippen molar-refractivity contribution in [3.8, 4) is 0 Å². The van der Waals surface area contributed by atoms with Gasteiger partial charge in [-0.05, 0) is 0 Å². The second-order valence-electron chi connectivity index (χ2n) is 3.30. The fraction of sp³-hybridized carbons (Fsp3) is 0.714. The first-order valence-electron chi connectivity index (χ1n) is 3.96. The lowest BCUT2D eigenvalue weighted by molar-refractivity contribution is -0.170. The zero-order valence-electron chi connectivity index (χ0n) is 7.24. The van der Waals surface area contributed by atoms with E-state index in [1.54, 1.807) is 0 Å². The van der Waals surface area contributed by atoms with Crippen LogP contribution in [-0.2, 0) is 9.59 Å². The van der Waals surface area contributed by atoms with Gasteiger partial charge in [-0.25, -0.2) is 4.79 Å². The molecule has 0 atom stereocenters. The van der Waals surface area contributed by atoms with Crippen LogP contribution < -0.4 is 5.73 Å². The number of carbonyl (C=O) groups excluding carboxylic acids is 1. The Labute approximate surface area is 78.5 Å². The topological polar surface area (TPSA) is 83.6 Å². The summed E-state index contributed by atoms with van der Waals surface area (Å²) in [7, 11) is 0. The Kier molecular flexibility index (Phi) is 2.70. The van der Waals surface area contributed by atoms with Gasteiger partial charge in [-0.1, -0.05) is 0 Å². The van der Waals surface area contributed by atoms with Crippen molar-refractivity contribution in [1.82, 2.24) is 4.90 Å². The van der Waals surface area contributed by atoms with E-state index >= 15 is 0 Å².